The number of carbonyl (C=O) groups is 1. The van der Waals surface area contributed by atoms with E-state index in [1.165, 1.54) is 13.0 Å². The third kappa shape index (κ3) is 4.74. The number of phenolic OH excluding ortho intramolecular Hbond substituents is 2. The lowest BCUT2D eigenvalue weighted by Gasteiger charge is -2.39. The standard InChI is InChI=1S/C31H39NO6/c1-6-30(4,18-32-15-13-21(34)14-16-32)26-28(37)25(31(5,7-2)19(3)33)27(36)24-22(35)17-23(38-29(24)26)20-11-9-8-10-12-20/h8-12,17,21,34,36-37H,6-7,13-16,18H2,1-5H3/t30-,31+/m1/s1. The minimum atomic E-state index is -1.20. The number of hydrogen-bond acceptors (Lipinski definition) is 7. The fourth-order valence-corrected chi connectivity index (χ4v) is 5.73. The molecule has 1 aromatic heterocycles. The fraction of sp³-hybridized carbons (Fsp3) is 0.484. The molecule has 1 aliphatic rings. The van der Waals surface area contributed by atoms with Crippen LogP contribution in [0.4, 0.5) is 0 Å². The molecule has 0 amide bonds. The first-order chi connectivity index (χ1) is 18.0. The van der Waals surface area contributed by atoms with Crippen molar-refractivity contribution in [3.05, 3.63) is 57.7 Å². The van der Waals surface area contributed by atoms with Crippen LogP contribution in [0.3, 0.4) is 0 Å². The molecule has 2 atom stereocenters. The van der Waals surface area contributed by atoms with Gasteiger partial charge in [-0.1, -0.05) is 51.1 Å². The number of benzene rings is 2. The molecule has 2 aromatic carbocycles. The Morgan fingerprint density at radius 1 is 1.03 bits per heavy atom. The second kappa shape index (κ2) is 10.5. The van der Waals surface area contributed by atoms with Gasteiger partial charge in [0.25, 0.3) is 0 Å². The molecule has 0 saturated carbocycles. The number of rotatable bonds is 8. The van der Waals surface area contributed by atoms with E-state index in [9.17, 15) is 24.9 Å². The van der Waals surface area contributed by atoms with E-state index in [1.807, 2.05) is 51.1 Å². The van der Waals surface area contributed by atoms with Gasteiger partial charge >= 0.3 is 0 Å². The van der Waals surface area contributed by atoms with E-state index in [0.717, 1.165) is 0 Å². The SMILES string of the molecule is CC[C@](C)(CN1CCC(O)CC1)c1c(O)c([C@@](C)(CC)C(C)=O)c(O)c2c(=O)cc(-c3ccccc3)oc12. The third-order valence-electron chi connectivity index (χ3n) is 8.73. The molecule has 3 N–H and O–H groups in total. The molecule has 204 valence electrons. The molecule has 38 heavy (non-hydrogen) atoms. The average molecular weight is 522 g/mol. The number of hydrogen-bond donors (Lipinski definition) is 3. The van der Waals surface area contributed by atoms with E-state index in [0.29, 0.717) is 62.2 Å². The van der Waals surface area contributed by atoms with Crippen molar-refractivity contribution in [1.82, 2.24) is 4.90 Å². The zero-order chi connectivity index (χ0) is 27.8. The van der Waals surface area contributed by atoms with Crippen molar-refractivity contribution in [2.24, 2.45) is 0 Å². The quantitative estimate of drug-likeness (QED) is 0.371. The highest BCUT2D eigenvalue weighted by atomic mass is 16.3. The van der Waals surface area contributed by atoms with Gasteiger partial charge in [-0.25, -0.2) is 0 Å². The van der Waals surface area contributed by atoms with Gasteiger partial charge in [0.05, 0.1) is 17.1 Å². The lowest BCUT2D eigenvalue weighted by atomic mass is 9.70. The van der Waals surface area contributed by atoms with Crippen molar-refractivity contribution in [3.63, 3.8) is 0 Å². The highest BCUT2D eigenvalue weighted by Crippen LogP contribution is 2.51. The molecule has 7 nitrogen and oxygen atoms in total. The number of nitrogens with zero attached hydrogens (tertiary/aromatic N) is 1. The highest BCUT2D eigenvalue weighted by Gasteiger charge is 2.43. The van der Waals surface area contributed by atoms with E-state index in [1.54, 1.807) is 6.92 Å². The largest absolute Gasteiger partial charge is 0.507 e. The van der Waals surface area contributed by atoms with E-state index in [2.05, 4.69) is 4.90 Å². The first kappa shape index (κ1) is 27.9. The summed E-state index contributed by atoms with van der Waals surface area (Å²) in [6.07, 6.45) is 1.94. The van der Waals surface area contributed by atoms with Crippen molar-refractivity contribution >= 4 is 16.8 Å². The van der Waals surface area contributed by atoms with Crippen LogP contribution in [0.5, 0.6) is 11.5 Å². The third-order valence-corrected chi connectivity index (χ3v) is 8.73. The van der Waals surface area contributed by atoms with Gasteiger partial charge in [0, 0.05) is 42.2 Å². The van der Waals surface area contributed by atoms with Gasteiger partial charge in [-0.15, -0.1) is 0 Å². The summed E-state index contributed by atoms with van der Waals surface area (Å²) in [6.45, 7) is 10.9. The lowest BCUT2D eigenvalue weighted by Crippen LogP contribution is -2.44. The van der Waals surface area contributed by atoms with Gasteiger partial charge in [-0.2, -0.15) is 0 Å². The van der Waals surface area contributed by atoms with Crippen molar-refractivity contribution in [1.29, 1.82) is 0 Å². The number of ketones is 1. The van der Waals surface area contributed by atoms with Crippen LogP contribution in [0.1, 0.15) is 71.4 Å². The summed E-state index contributed by atoms with van der Waals surface area (Å²) in [4.78, 5) is 28.7. The maximum absolute atomic E-state index is 13.6. The number of aliphatic hydroxyl groups excluding tert-OH is 1. The average Bonchev–Trinajstić information content (AvgIpc) is 2.89. The summed E-state index contributed by atoms with van der Waals surface area (Å²) in [7, 11) is 0. The Labute approximate surface area is 223 Å². The fourth-order valence-electron chi connectivity index (χ4n) is 5.73. The van der Waals surface area contributed by atoms with E-state index >= 15 is 0 Å². The molecule has 7 heteroatoms. The normalized spacial score (nSPS) is 18.3. The number of aliphatic hydroxyl groups is 1. The number of piperidine rings is 1. The van der Waals surface area contributed by atoms with Gasteiger partial charge in [0.1, 0.15) is 34.0 Å². The van der Waals surface area contributed by atoms with Crippen LogP contribution >= 0.6 is 0 Å². The Bertz CT molecular complexity index is 1390. The van der Waals surface area contributed by atoms with Crippen LogP contribution < -0.4 is 5.43 Å². The molecule has 0 unspecified atom stereocenters. The van der Waals surface area contributed by atoms with Crippen LogP contribution in [-0.2, 0) is 15.6 Å². The number of aromatic hydroxyl groups is 2. The van der Waals surface area contributed by atoms with Gasteiger partial charge in [-0.3, -0.25) is 9.59 Å². The molecule has 3 aromatic rings. The minimum absolute atomic E-state index is 0.0258. The lowest BCUT2D eigenvalue weighted by molar-refractivity contribution is -0.122. The van der Waals surface area contributed by atoms with E-state index in [4.69, 9.17) is 4.42 Å². The van der Waals surface area contributed by atoms with Crippen LogP contribution in [0.15, 0.2) is 45.6 Å². The predicted octanol–water partition coefficient (Wildman–Crippen LogP) is 5.25. The molecular formula is C31H39NO6. The van der Waals surface area contributed by atoms with Gasteiger partial charge in [-0.05, 0) is 39.5 Å². The molecule has 0 radical (unpaired) electrons. The smallest absolute Gasteiger partial charge is 0.197 e. The molecule has 0 spiro atoms. The molecule has 1 aliphatic heterocycles. The Hall–Kier alpha value is -3.16. The molecule has 1 fully saturated rings. The Morgan fingerprint density at radius 2 is 1.66 bits per heavy atom. The minimum Gasteiger partial charge on any atom is -0.507 e. The molecular weight excluding hydrogens is 482 g/mol. The number of carbonyl (C=O) groups excluding carboxylic acids is 1. The molecule has 4 rings (SSSR count). The summed E-state index contributed by atoms with van der Waals surface area (Å²) >= 11 is 0. The van der Waals surface area contributed by atoms with Crippen molar-refractivity contribution in [3.8, 4) is 22.8 Å². The monoisotopic (exact) mass is 521 g/mol. The first-order valence-corrected chi connectivity index (χ1v) is 13.5. The second-order valence-electron chi connectivity index (χ2n) is 11.2. The summed E-state index contributed by atoms with van der Waals surface area (Å²) in [5.74, 6) is -0.498. The zero-order valence-corrected chi connectivity index (χ0v) is 23.0. The summed E-state index contributed by atoms with van der Waals surface area (Å²) in [5, 5.41) is 33.4. The van der Waals surface area contributed by atoms with E-state index < -0.39 is 22.0 Å². The zero-order valence-electron chi connectivity index (χ0n) is 23.0. The Balaban J connectivity index is 2.08. The van der Waals surface area contributed by atoms with E-state index in [-0.39, 0.29) is 34.2 Å². The number of Topliss-reactive ketones (excluding diaryl/α,β-unsaturated/α-hetero) is 1. The van der Waals surface area contributed by atoms with Crippen molar-refractivity contribution in [2.45, 2.75) is 77.2 Å². The highest BCUT2D eigenvalue weighted by molar-refractivity contribution is 5.97. The van der Waals surface area contributed by atoms with Crippen LogP contribution in [0, 0.1) is 0 Å². The number of likely N-dealkylation sites (tertiary alicyclic amines) is 1. The van der Waals surface area contributed by atoms with Crippen LogP contribution in [-0.4, -0.2) is 51.7 Å². The van der Waals surface area contributed by atoms with Crippen LogP contribution in [0.25, 0.3) is 22.3 Å². The van der Waals surface area contributed by atoms with Crippen molar-refractivity contribution in [2.75, 3.05) is 19.6 Å². The molecule has 0 aliphatic carbocycles. The maximum atomic E-state index is 13.6. The van der Waals surface area contributed by atoms with Crippen molar-refractivity contribution < 1.29 is 24.5 Å². The molecule has 0 bridgehead atoms. The molecule has 1 saturated heterocycles. The number of fused-ring (bicyclic) bond motifs is 1. The second-order valence-corrected chi connectivity index (χ2v) is 11.2. The maximum Gasteiger partial charge on any atom is 0.197 e. The first-order valence-electron chi connectivity index (χ1n) is 13.5. The van der Waals surface area contributed by atoms with Gasteiger partial charge < -0.3 is 24.6 Å². The summed E-state index contributed by atoms with van der Waals surface area (Å²) < 4.78 is 6.37. The summed E-state index contributed by atoms with van der Waals surface area (Å²) in [5.41, 5.74) is -1.00. The molecule has 2 heterocycles. The number of phenols is 2. The topological polar surface area (TPSA) is 111 Å². The Morgan fingerprint density at radius 3 is 2.21 bits per heavy atom. The van der Waals surface area contributed by atoms with Gasteiger partial charge in [0.15, 0.2) is 5.43 Å². The predicted molar refractivity (Wildman–Crippen MR) is 149 cm³/mol. The van der Waals surface area contributed by atoms with Gasteiger partial charge in [0.2, 0.25) is 0 Å². The summed E-state index contributed by atoms with van der Waals surface area (Å²) in [6, 6.07) is 10.6. The Kier molecular flexibility index (Phi) is 7.73. The van der Waals surface area contributed by atoms with Crippen LogP contribution in [0.2, 0.25) is 0 Å².